The van der Waals surface area contributed by atoms with Crippen LogP contribution in [0.25, 0.3) is 0 Å². The van der Waals surface area contributed by atoms with Crippen molar-refractivity contribution in [3.63, 3.8) is 0 Å². The molecular formula is C14H14ClNO2. The van der Waals surface area contributed by atoms with Crippen molar-refractivity contribution in [2.75, 3.05) is 6.61 Å². The summed E-state index contributed by atoms with van der Waals surface area (Å²) in [5.74, 6) is 1.58. The molecule has 0 radical (unpaired) electrons. The van der Waals surface area contributed by atoms with Crippen LogP contribution in [0.3, 0.4) is 0 Å². The maximum atomic E-state index is 5.81. The summed E-state index contributed by atoms with van der Waals surface area (Å²) in [6.07, 6.45) is 1.66. The van der Waals surface area contributed by atoms with E-state index in [4.69, 9.17) is 21.1 Å². The van der Waals surface area contributed by atoms with Crippen molar-refractivity contribution < 1.29 is 9.47 Å². The largest absolute Gasteiger partial charge is 0.494 e. The Kier molecular flexibility index (Phi) is 4.42. The molecular weight excluding hydrogens is 250 g/mol. The van der Waals surface area contributed by atoms with E-state index in [2.05, 4.69) is 4.98 Å². The maximum Gasteiger partial charge on any atom is 0.129 e. The third-order valence-electron chi connectivity index (χ3n) is 2.31. The number of hydrogen-bond acceptors (Lipinski definition) is 3. The van der Waals surface area contributed by atoms with E-state index in [1.807, 2.05) is 37.3 Å². The van der Waals surface area contributed by atoms with Gasteiger partial charge in [0.15, 0.2) is 0 Å². The topological polar surface area (TPSA) is 31.4 Å². The van der Waals surface area contributed by atoms with Crippen molar-refractivity contribution in [2.45, 2.75) is 13.5 Å². The van der Waals surface area contributed by atoms with E-state index in [0.717, 1.165) is 17.1 Å². The van der Waals surface area contributed by atoms with Crippen molar-refractivity contribution in [3.8, 4) is 11.5 Å². The van der Waals surface area contributed by atoms with Crippen LogP contribution in [-0.4, -0.2) is 11.6 Å². The highest BCUT2D eigenvalue weighted by atomic mass is 35.5. The molecule has 18 heavy (non-hydrogen) atoms. The van der Waals surface area contributed by atoms with Gasteiger partial charge in [0.1, 0.15) is 23.3 Å². The number of benzene rings is 1. The van der Waals surface area contributed by atoms with Crippen LogP contribution in [0.5, 0.6) is 11.5 Å². The first-order chi connectivity index (χ1) is 8.78. The minimum Gasteiger partial charge on any atom is -0.494 e. The maximum absolute atomic E-state index is 5.81. The van der Waals surface area contributed by atoms with Gasteiger partial charge in [0.2, 0.25) is 0 Å². The average molecular weight is 264 g/mol. The highest BCUT2D eigenvalue weighted by molar-refractivity contribution is 6.29. The standard InChI is InChI=1S/C14H14ClNO2/c1-2-17-12-4-3-5-13(9-12)18-10-11-6-7-16-14(15)8-11/h3-9H,2,10H2,1H3. The molecule has 1 heterocycles. The van der Waals surface area contributed by atoms with Crippen LogP contribution < -0.4 is 9.47 Å². The van der Waals surface area contributed by atoms with Gasteiger partial charge in [0, 0.05) is 12.3 Å². The zero-order valence-corrected chi connectivity index (χ0v) is 10.9. The number of pyridine rings is 1. The Balaban J connectivity index is 1.99. The Labute approximate surface area is 111 Å². The molecule has 0 atom stereocenters. The summed E-state index contributed by atoms with van der Waals surface area (Å²) >= 11 is 5.81. The number of rotatable bonds is 5. The van der Waals surface area contributed by atoms with Crippen molar-refractivity contribution in [1.82, 2.24) is 4.98 Å². The molecule has 2 rings (SSSR count). The molecule has 3 nitrogen and oxygen atoms in total. The Bertz CT molecular complexity index is 517. The van der Waals surface area contributed by atoms with Gasteiger partial charge in [0.25, 0.3) is 0 Å². The number of ether oxygens (including phenoxy) is 2. The highest BCUT2D eigenvalue weighted by Crippen LogP contribution is 2.20. The molecule has 0 unspecified atom stereocenters. The molecule has 0 saturated heterocycles. The van der Waals surface area contributed by atoms with E-state index in [0.29, 0.717) is 18.4 Å². The number of aromatic nitrogens is 1. The van der Waals surface area contributed by atoms with E-state index in [9.17, 15) is 0 Å². The molecule has 0 amide bonds. The molecule has 0 saturated carbocycles. The quantitative estimate of drug-likeness (QED) is 0.771. The predicted molar refractivity (Wildman–Crippen MR) is 71.2 cm³/mol. The van der Waals surface area contributed by atoms with Crippen LogP contribution in [0, 0.1) is 0 Å². The number of hydrogen-bond donors (Lipinski definition) is 0. The van der Waals surface area contributed by atoms with Crippen LogP contribution >= 0.6 is 11.6 Å². The molecule has 2 aromatic rings. The lowest BCUT2D eigenvalue weighted by Crippen LogP contribution is -1.97. The van der Waals surface area contributed by atoms with Gasteiger partial charge in [-0.15, -0.1) is 0 Å². The fourth-order valence-electron chi connectivity index (χ4n) is 1.52. The van der Waals surface area contributed by atoms with Gasteiger partial charge < -0.3 is 9.47 Å². The van der Waals surface area contributed by atoms with E-state index in [1.54, 1.807) is 12.3 Å². The summed E-state index contributed by atoms with van der Waals surface area (Å²) in [6, 6.07) is 11.2. The first-order valence-electron chi connectivity index (χ1n) is 5.74. The Morgan fingerprint density at radius 1 is 1.11 bits per heavy atom. The van der Waals surface area contributed by atoms with Crippen LogP contribution in [0.2, 0.25) is 5.15 Å². The second-order valence-corrected chi connectivity index (χ2v) is 4.07. The Morgan fingerprint density at radius 2 is 1.89 bits per heavy atom. The van der Waals surface area contributed by atoms with Crippen molar-refractivity contribution in [3.05, 3.63) is 53.3 Å². The summed E-state index contributed by atoms with van der Waals surface area (Å²) in [5, 5.41) is 0.471. The molecule has 4 heteroatoms. The van der Waals surface area contributed by atoms with Gasteiger partial charge in [0.05, 0.1) is 6.61 Å². The SMILES string of the molecule is CCOc1cccc(OCc2ccnc(Cl)c2)c1. The van der Waals surface area contributed by atoms with Crippen LogP contribution in [0.4, 0.5) is 0 Å². The van der Waals surface area contributed by atoms with Crippen molar-refractivity contribution >= 4 is 11.6 Å². The minimum absolute atomic E-state index is 0.456. The molecule has 0 N–H and O–H groups in total. The second kappa shape index (κ2) is 6.26. The molecule has 0 aliphatic rings. The fourth-order valence-corrected chi connectivity index (χ4v) is 1.72. The van der Waals surface area contributed by atoms with Gasteiger partial charge in [-0.25, -0.2) is 4.98 Å². The normalized spacial score (nSPS) is 10.1. The average Bonchev–Trinajstić information content (AvgIpc) is 2.37. The molecule has 1 aromatic carbocycles. The highest BCUT2D eigenvalue weighted by Gasteiger charge is 1.99. The van der Waals surface area contributed by atoms with E-state index in [1.165, 1.54) is 0 Å². The molecule has 0 spiro atoms. The Hall–Kier alpha value is -1.74. The van der Waals surface area contributed by atoms with Crippen LogP contribution in [0.15, 0.2) is 42.6 Å². The smallest absolute Gasteiger partial charge is 0.129 e. The van der Waals surface area contributed by atoms with Gasteiger partial charge in [-0.3, -0.25) is 0 Å². The van der Waals surface area contributed by atoms with Gasteiger partial charge >= 0.3 is 0 Å². The number of nitrogens with zero attached hydrogens (tertiary/aromatic N) is 1. The molecule has 0 bridgehead atoms. The monoisotopic (exact) mass is 263 g/mol. The summed E-state index contributed by atoms with van der Waals surface area (Å²) in [6.45, 7) is 3.05. The number of halogens is 1. The summed E-state index contributed by atoms with van der Waals surface area (Å²) in [7, 11) is 0. The van der Waals surface area contributed by atoms with Gasteiger partial charge in [-0.05, 0) is 36.8 Å². The van der Waals surface area contributed by atoms with Gasteiger partial charge in [-0.1, -0.05) is 17.7 Å². The first-order valence-corrected chi connectivity index (χ1v) is 6.12. The zero-order valence-electron chi connectivity index (χ0n) is 10.1. The third-order valence-corrected chi connectivity index (χ3v) is 2.52. The van der Waals surface area contributed by atoms with Gasteiger partial charge in [-0.2, -0.15) is 0 Å². The Morgan fingerprint density at radius 3 is 2.61 bits per heavy atom. The first kappa shape index (κ1) is 12.7. The van der Waals surface area contributed by atoms with Crippen LogP contribution in [0.1, 0.15) is 12.5 Å². The van der Waals surface area contributed by atoms with Crippen molar-refractivity contribution in [1.29, 1.82) is 0 Å². The molecule has 94 valence electrons. The lowest BCUT2D eigenvalue weighted by molar-refractivity contribution is 0.299. The lowest BCUT2D eigenvalue weighted by atomic mass is 10.3. The van der Waals surface area contributed by atoms with E-state index < -0.39 is 0 Å². The second-order valence-electron chi connectivity index (χ2n) is 3.68. The van der Waals surface area contributed by atoms with E-state index >= 15 is 0 Å². The summed E-state index contributed by atoms with van der Waals surface area (Å²) in [4.78, 5) is 3.92. The minimum atomic E-state index is 0.456. The molecule has 0 aliphatic carbocycles. The molecule has 1 aromatic heterocycles. The fraction of sp³-hybridized carbons (Fsp3) is 0.214. The van der Waals surface area contributed by atoms with E-state index in [-0.39, 0.29) is 0 Å². The predicted octanol–water partition coefficient (Wildman–Crippen LogP) is 3.71. The molecule has 0 aliphatic heterocycles. The zero-order chi connectivity index (χ0) is 12.8. The van der Waals surface area contributed by atoms with Crippen LogP contribution in [-0.2, 0) is 6.61 Å². The third kappa shape index (κ3) is 3.64. The summed E-state index contributed by atoms with van der Waals surface area (Å²) in [5.41, 5.74) is 0.983. The summed E-state index contributed by atoms with van der Waals surface area (Å²) < 4.78 is 11.1. The van der Waals surface area contributed by atoms with Crippen molar-refractivity contribution in [2.24, 2.45) is 0 Å². The molecule has 0 fully saturated rings. The lowest BCUT2D eigenvalue weighted by Gasteiger charge is -2.08.